The number of methoxy groups -OCH3 is 1. The molecular formula is C14H21N3O3S. The lowest BCUT2D eigenvalue weighted by molar-refractivity contribution is -0.123. The molecule has 21 heavy (non-hydrogen) atoms. The summed E-state index contributed by atoms with van der Waals surface area (Å²) in [5.74, 6) is 1.21. The molecule has 3 amide bonds. The summed E-state index contributed by atoms with van der Waals surface area (Å²) < 4.78 is 5.22. The van der Waals surface area contributed by atoms with Crippen LogP contribution in [-0.2, 0) is 11.3 Å². The number of primary amides is 1. The number of ether oxygens (including phenoxy) is 1. The SMILES string of the molecule is COc1ccccc1CNC(=O)[C@H](CCSC)NC(N)=O. The molecule has 1 aromatic carbocycles. The number of rotatable bonds is 8. The third kappa shape index (κ3) is 5.95. The standard InChI is InChI=1S/C14H21N3O3S/c1-20-12-6-4-3-5-10(12)9-16-13(18)11(7-8-21-2)17-14(15)19/h3-6,11H,7-9H2,1-2H3,(H,16,18)(H3,15,17,19)/t11-/m0/s1. The van der Waals surface area contributed by atoms with E-state index in [1.807, 2.05) is 30.5 Å². The number of carbonyl (C=O) groups excluding carboxylic acids is 2. The maximum absolute atomic E-state index is 12.1. The average Bonchev–Trinajstić information content (AvgIpc) is 2.48. The van der Waals surface area contributed by atoms with E-state index in [1.165, 1.54) is 0 Å². The molecule has 6 nitrogen and oxygen atoms in total. The second-order valence-electron chi connectivity index (χ2n) is 4.37. The first-order valence-electron chi connectivity index (χ1n) is 6.53. The number of urea groups is 1. The maximum atomic E-state index is 12.1. The molecule has 1 atom stereocenters. The molecule has 0 heterocycles. The van der Waals surface area contributed by atoms with Gasteiger partial charge in [-0.15, -0.1) is 0 Å². The van der Waals surface area contributed by atoms with Crippen molar-refractivity contribution in [3.63, 3.8) is 0 Å². The lowest BCUT2D eigenvalue weighted by Crippen LogP contribution is -2.48. The number of benzene rings is 1. The fraction of sp³-hybridized carbons (Fsp3) is 0.429. The molecular weight excluding hydrogens is 290 g/mol. The van der Waals surface area contributed by atoms with Crippen molar-refractivity contribution in [2.75, 3.05) is 19.1 Å². The summed E-state index contributed by atoms with van der Waals surface area (Å²) in [5, 5.41) is 5.25. The Balaban J connectivity index is 2.61. The van der Waals surface area contributed by atoms with Crippen LogP contribution in [0.25, 0.3) is 0 Å². The third-order valence-electron chi connectivity index (χ3n) is 2.89. The highest BCUT2D eigenvalue weighted by Gasteiger charge is 2.19. The molecule has 0 aliphatic heterocycles. The Morgan fingerprint density at radius 2 is 2.10 bits per heavy atom. The number of nitrogens with two attached hydrogens (primary N) is 1. The summed E-state index contributed by atoms with van der Waals surface area (Å²) in [7, 11) is 1.58. The van der Waals surface area contributed by atoms with Crippen molar-refractivity contribution in [1.82, 2.24) is 10.6 Å². The topological polar surface area (TPSA) is 93.4 Å². The van der Waals surface area contributed by atoms with Crippen LogP contribution in [0.5, 0.6) is 5.75 Å². The summed E-state index contributed by atoms with van der Waals surface area (Å²) in [5.41, 5.74) is 5.97. The highest BCUT2D eigenvalue weighted by molar-refractivity contribution is 7.98. The Kier molecular flexibility index (Phi) is 7.45. The van der Waals surface area contributed by atoms with E-state index in [4.69, 9.17) is 10.5 Å². The monoisotopic (exact) mass is 311 g/mol. The molecule has 0 bridgehead atoms. The minimum atomic E-state index is -0.700. The highest BCUT2D eigenvalue weighted by Crippen LogP contribution is 2.16. The van der Waals surface area contributed by atoms with E-state index in [0.717, 1.165) is 11.3 Å². The van der Waals surface area contributed by atoms with Gasteiger partial charge in [0, 0.05) is 12.1 Å². The fourth-order valence-electron chi connectivity index (χ4n) is 1.83. The number of thioether (sulfide) groups is 1. The molecule has 0 saturated carbocycles. The molecule has 0 aromatic heterocycles. The summed E-state index contributed by atoms with van der Waals surface area (Å²) in [6.07, 6.45) is 2.47. The van der Waals surface area contributed by atoms with Gasteiger partial charge in [-0.3, -0.25) is 4.79 Å². The van der Waals surface area contributed by atoms with Gasteiger partial charge in [-0.25, -0.2) is 4.79 Å². The van der Waals surface area contributed by atoms with Crippen LogP contribution < -0.4 is 21.1 Å². The molecule has 0 radical (unpaired) electrons. The van der Waals surface area contributed by atoms with Gasteiger partial charge in [-0.2, -0.15) is 11.8 Å². The van der Waals surface area contributed by atoms with E-state index >= 15 is 0 Å². The highest BCUT2D eigenvalue weighted by atomic mass is 32.2. The van der Waals surface area contributed by atoms with Crippen molar-refractivity contribution in [2.45, 2.75) is 19.0 Å². The van der Waals surface area contributed by atoms with Crippen LogP contribution in [-0.4, -0.2) is 37.1 Å². The predicted molar refractivity (Wildman–Crippen MR) is 84.3 cm³/mol. The molecule has 0 aliphatic carbocycles. The second kappa shape index (κ2) is 9.12. The average molecular weight is 311 g/mol. The van der Waals surface area contributed by atoms with Crippen LogP contribution in [0.1, 0.15) is 12.0 Å². The van der Waals surface area contributed by atoms with Crippen molar-refractivity contribution >= 4 is 23.7 Å². The number of amides is 3. The van der Waals surface area contributed by atoms with Crippen molar-refractivity contribution in [1.29, 1.82) is 0 Å². The fourth-order valence-corrected chi connectivity index (χ4v) is 2.30. The van der Waals surface area contributed by atoms with Gasteiger partial charge >= 0.3 is 6.03 Å². The maximum Gasteiger partial charge on any atom is 0.312 e. The zero-order valence-electron chi connectivity index (χ0n) is 12.2. The van der Waals surface area contributed by atoms with E-state index in [0.29, 0.717) is 18.7 Å². The molecule has 0 aliphatic rings. The van der Waals surface area contributed by atoms with Crippen molar-refractivity contribution < 1.29 is 14.3 Å². The first-order chi connectivity index (χ1) is 10.1. The van der Waals surface area contributed by atoms with Crippen molar-refractivity contribution in [3.05, 3.63) is 29.8 Å². The Morgan fingerprint density at radius 3 is 2.71 bits per heavy atom. The number of carbonyl (C=O) groups is 2. The van der Waals surface area contributed by atoms with Crippen molar-refractivity contribution in [2.24, 2.45) is 5.73 Å². The number of nitrogens with one attached hydrogen (secondary N) is 2. The first kappa shape index (κ1) is 17.2. The van der Waals surface area contributed by atoms with Gasteiger partial charge in [0.05, 0.1) is 7.11 Å². The summed E-state index contributed by atoms with van der Waals surface area (Å²) in [6, 6.07) is 6.11. The van der Waals surface area contributed by atoms with Crippen LogP contribution in [0, 0.1) is 0 Å². The van der Waals surface area contributed by atoms with Gasteiger partial charge in [0.2, 0.25) is 5.91 Å². The lowest BCUT2D eigenvalue weighted by atomic mass is 10.1. The van der Waals surface area contributed by atoms with Crippen LogP contribution in [0.15, 0.2) is 24.3 Å². The molecule has 7 heteroatoms. The van der Waals surface area contributed by atoms with E-state index in [2.05, 4.69) is 10.6 Å². The Hall–Kier alpha value is -1.89. The molecule has 0 unspecified atom stereocenters. The van der Waals surface area contributed by atoms with E-state index < -0.39 is 12.1 Å². The number of hydrogen-bond acceptors (Lipinski definition) is 4. The predicted octanol–water partition coefficient (Wildman–Crippen LogP) is 1.10. The zero-order chi connectivity index (χ0) is 15.7. The first-order valence-corrected chi connectivity index (χ1v) is 7.92. The van der Waals surface area contributed by atoms with Crippen LogP contribution in [0.3, 0.4) is 0 Å². The molecule has 0 spiro atoms. The lowest BCUT2D eigenvalue weighted by Gasteiger charge is -2.17. The zero-order valence-corrected chi connectivity index (χ0v) is 13.0. The quantitative estimate of drug-likeness (QED) is 0.670. The normalized spacial score (nSPS) is 11.5. The minimum Gasteiger partial charge on any atom is -0.496 e. The largest absolute Gasteiger partial charge is 0.496 e. The second-order valence-corrected chi connectivity index (χ2v) is 5.36. The molecule has 0 saturated heterocycles. The summed E-state index contributed by atoms with van der Waals surface area (Å²) >= 11 is 1.60. The summed E-state index contributed by atoms with van der Waals surface area (Å²) in [6.45, 7) is 0.332. The third-order valence-corrected chi connectivity index (χ3v) is 3.53. The van der Waals surface area contributed by atoms with Gasteiger partial charge in [0.1, 0.15) is 11.8 Å². The van der Waals surface area contributed by atoms with Gasteiger partial charge < -0.3 is 21.1 Å². The van der Waals surface area contributed by atoms with E-state index in [-0.39, 0.29) is 5.91 Å². The molecule has 1 aromatic rings. The Morgan fingerprint density at radius 1 is 1.38 bits per heavy atom. The van der Waals surface area contributed by atoms with E-state index in [1.54, 1.807) is 18.9 Å². The van der Waals surface area contributed by atoms with Gasteiger partial charge in [-0.1, -0.05) is 18.2 Å². The summed E-state index contributed by atoms with van der Waals surface area (Å²) in [4.78, 5) is 23.1. The van der Waals surface area contributed by atoms with Crippen LogP contribution >= 0.6 is 11.8 Å². The molecule has 4 N–H and O–H groups in total. The Bertz CT molecular complexity index is 482. The van der Waals surface area contributed by atoms with Crippen LogP contribution in [0.4, 0.5) is 4.79 Å². The van der Waals surface area contributed by atoms with Crippen LogP contribution in [0.2, 0.25) is 0 Å². The van der Waals surface area contributed by atoms with E-state index in [9.17, 15) is 9.59 Å². The number of para-hydroxylation sites is 1. The minimum absolute atomic E-state index is 0.256. The Labute approximate surface area is 128 Å². The van der Waals surface area contributed by atoms with Crippen molar-refractivity contribution in [3.8, 4) is 5.75 Å². The van der Waals surface area contributed by atoms with Gasteiger partial charge in [0.25, 0.3) is 0 Å². The van der Waals surface area contributed by atoms with Gasteiger partial charge in [-0.05, 0) is 24.5 Å². The smallest absolute Gasteiger partial charge is 0.312 e. The molecule has 1 rings (SSSR count). The molecule has 0 fully saturated rings. The van der Waals surface area contributed by atoms with Gasteiger partial charge in [0.15, 0.2) is 0 Å². The number of hydrogen-bond donors (Lipinski definition) is 3. The molecule has 116 valence electrons.